The smallest absolute Gasteiger partial charge is 0.251 e. The quantitative estimate of drug-likeness (QED) is 0.0671. The molecule has 43 heavy (non-hydrogen) atoms. The average molecular weight is 587 g/mol. The van der Waals surface area contributed by atoms with Crippen LogP contribution in [-0.2, 0) is 19.5 Å². The highest BCUT2D eigenvalue weighted by atomic mass is 16.5. The summed E-state index contributed by atoms with van der Waals surface area (Å²) in [7, 11) is 1.57. The number of aliphatic hydroxyl groups is 2. The molecular formula is C30H34N8O5. The molecule has 0 bridgehead atoms. The van der Waals surface area contributed by atoms with Crippen molar-refractivity contribution in [3.8, 4) is 11.5 Å². The first-order valence-electron chi connectivity index (χ1n) is 13.7. The lowest BCUT2D eigenvalue weighted by molar-refractivity contribution is 0.0815. The van der Waals surface area contributed by atoms with Crippen molar-refractivity contribution >= 4 is 33.9 Å². The number of carbonyl (C=O) groups is 1. The van der Waals surface area contributed by atoms with E-state index in [1.807, 2.05) is 30.3 Å². The number of methoxy groups -OCH3 is 1. The highest BCUT2D eigenvalue weighted by Gasteiger charge is 2.18. The molecule has 0 aliphatic heterocycles. The number of ether oxygens (including phenoxy) is 2. The first-order chi connectivity index (χ1) is 20.8. The van der Waals surface area contributed by atoms with Crippen molar-refractivity contribution < 1.29 is 24.5 Å². The van der Waals surface area contributed by atoms with Crippen LogP contribution in [0.25, 0.3) is 22.1 Å². The zero-order valence-corrected chi connectivity index (χ0v) is 23.7. The van der Waals surface area contributed by atoms with Crippen LogP contribution >= 0.6 is 0 Å². The first-order valence-corrected chi connectivity index (χ1v) is 13.7. The number of nitrogens with two attached hydrogens (primary N) is 2. The minimum Gasteiger partial charge on any atom is -0.493 e. The van der Waals surface area contributed by atoms with Gasteiger partial charge in [-0.25, -0.2) is 15.0 Å². The van der Waals surface area contributed by atoms with Crippen LogP contribution in [0.5, 0.6) is 11.5 Å². The summed E-state index contributed by atoms with van der Waals surface area (Å²) in [4.78, 5) is 29.8. The van der Waals surface area contributed by atoms with Gasteiger partial charge < -0.3 is 46.0 Å². The van der Waals surface area contributed by atoms with Crippen LogP contribution in [0.4, 0.5) is 0 Å². The van der Waals surface area contributed by atoms with Crippen molar-refractivity contribution in [2.75, 3.05) is 26.9 Å². The van der Waals surface area contributed by atoms with Crippen molar-refractivity contribution in [2.24, 2.45) is 16.5 Å². The summed E-state index contributed by atoms with van der Waals surface area (Å²) < 4.78 is 12.8. The third-order valence-electron chi connectivity index (χ3n) is 6.77. The summed E-state index contributed by atoms with van der Waals surface area (Å²) in [5, 5.41) is 22.7. The van der Waals surface area contributed by atoms with Gasteiger partial charge in [-0.15, -0.1) is 0 Å². The second kappa shape index (κ2) is 13.2. The van der Waals surface area contributed by atoms with Crippen LogP contribution in [0.3, 0.4) is 0 Å². The van der Waals surface area contributed by atoms with Crippen LogP contribution in [0, 0.1) is 0 Å². The number of hydrogen-bond acceptors (Lipinski definition) is 8. The van der Waals surface area contributed by atoms with Gasteiger partial charge in [0.1, 0.15) is 18.3 Å². The Morgan fingerprint density at radius 1 is 1.09 bits per heavy atom. The molecule has 2 heterocycles. The van der Waals surface area contributed by atoms with E-state index >= 15 is 0 Å². The molecule has 5 aromatic rings. The van der Waals surface area contributed by atoms with E-state index in [2.05, 4.69) is 20.3 Å². The average Bonchev–Trinajstić information content (AvgIpc) is 3.57. The number of nitrogens with one attached hydrogen (secondary N) is 2. The molecule has 1 atom stereocenters. The van der Waals surface area contributed by atoms with E-state index in [1.54, 1.807) is 42.0 Å². The molecule has 0 aliphatic carbocycles. The number of imidazole rings is 2. The molecule has 13 nitrogen and oxygen atoms in total. The summed E-state index contributed by atoms with van der Waals surface area (Å²) >= 11 is 0. The number of aliphatic hydroxyl groups excluding tert-OH is 2. The van der Waals surface area contributed by atoms with Crippen molar-refractivity contribution in [3.63, 3.8) is 0 Å². The van der Waals surface area contributed by atoms with Gasteiger partial charge in [-0.05, 0) is 48.0 Å². The van der Waals surface area contributed by atoms with Crippen LogP contribution in [-0.4, -0.2) is 74.6 Å². The number of amides is 1. The third kappa shape index (κ3) is 7.02. The Bertz CT molecular complexity index is 1760. The normalized spacial score (nSPS) is 11.9. The highest BCUT2D eigenvalue weighted by molar-refractivity contribution is 5.97. The van der Waals surface area contributed by atoms with E-state index in [4.69, 9.17) is 25.9 Å². The molecular weight excluding hydrogens is 552 g/mol. The number of guanidine groups is 1. The van der Waals surface area contributed by atoms with Crippen LogP contribution < -0.4 is 26.3 Å². The summed E-state index contributed by atoms with van der Waals surface area (Å²) in [6, 6.07) is 18.2. The standard InChI is InChI=1S/C30H34N8O5/c1-42-25-4-2-3-5-26(25)43-11-10-33-29(41)19-7-9-22-24(13-19)38(16-20(40)17-39)28(37-22)14-27-35-21-8-6-18(12-23(21)36-27)15-34-30(31)32/h2-9,12-13,20,39-40H,10-11,14-17H2,1H3,(H,33,41)(H,35,36)(H4,31,32,34). The summed E-state index contributed by atoms with van der Waals surface area (Å²) in [5.74, 6) is 2.23. The lowest BCUT2D eigenvalue weighted by Crippen LogP contribution is -2.28. The molecule has 5 rings (SSSR count). The van der Waals surface area contributed by atoms with E-state index < -0.39 is 12.7 Å². The van der Waals surface area contributed by atoms with E-state index in [0.29, 0.717) is 52.7 Å². The zero-order valence-electron chi connectivity index (χ0n) is 23.7. The predicted molar refractivity (Wildman–Crippen MR) is 162 cm³/mol. The van der Waals surface area contributed by atoms with Gasteiger partial charge in [0.15, 0.2) is 17.5 Å². The van der Waals surface area contributed by atoms with Gasteiger partial charge in [0, 0.05) is 5.56 Å². The second-order valence-electron chi connectivity index (χ2n) is 9.89. The summed E-state index contributed by atoms with van der Waals surface area (Å²) in [5.41, 5.74) is 15.1. The molecule has 0 saturated heterocycles. The number of H-pyrrole nitrogens is 1. The number of aromatic amines is 1. The van der Waals surface area contributed by atoms with Crippen LogP contribution in [0.15, 0.2) is 65.7 Å². The van der Waals surface area contributed by atoms with Gasteiger partial charge in [0.25, 0.3) is 5.91 Å². The number of benzene rings is 3. The maximum Gasteiger partial charge on any atom is 0.251 e. The number of nitrogens with zero attached hydrogens (tertiary/aromatic N) is 4. The molecule has 0 saturated carbocycles. The van der Waals surface area contributed by atoms with Crippen LogP contribution in [0.1, 0.15) is 27.6 Å². The van der Waals surface area contributed by atoms with Crippen molar-refractivity contribution in [1.29, 1.82) is 0 Å². The molecule has 2 aromatic heterocycles. The Balaban J connectivity index is 1.33. The molecule has 3 aromatic carbocycles. The number of aliphatic imine (C=N–C) groups is 1. The Labute approximate surface area is 247 Å². The molecule has 13 heteroatoms. The fourth-order valence-corrected chi connectivity index (χ4v) is 4.71. The Morgan fingerprint density at radius 3 is 2.65 bits per heavy atom. The molecule has 0 spiro atoms. The van der Waals surface area contributed by atoms with Crippen molar-refractivity contribution in [3.05, 3.63) is 83.4 Å². The first kappa shape index (κ1) is 29.4. The summed E-state index contributed by atoms with van der Waals surface area (Å²) in [6.07, 6.45) is -0.693. The maximum atomic E-state index is 13.0. The monoisotopic (exact) mass is 586 g/mol. The van der Waals surface area contributed by atoms with E-state index in [0.717, 1.165) is 16.6 Å². The van der Waals surface area contributed by atoms with Gasteiger partial charge in [-0.3, -0.25) is 4.79 Å². The number of carbonyl (C=O) groups excluding carboxylic acids is 1. The number of aromatic nitrogens is 4. The minimum absolute atomic E-state index is 0.0214. The van der Waals surface area contributed by atoms with Gasteiger partial charge in [-0.2, -0.15) is 0 Å². The van der Waals surface area contributed by atoms with Gasteiger partial charge in [0.2, 0.25) is 0 Å². The molecule has 8 N–H and O–H groups in total. The zero-order chi connectivity index (χ0) is 30.3. The van der Waals surface area contributed by atoms with Gasteiger partial charge >= 0.3 is 0 Å². The number of fused-ring (bicyclic) bond motifs is 2. The predicted octanol–water partition coefficient (Wildman–Crippen LogP) is 1.45. The largest absolute Gasteiger partial charge is 0.493 e. The van der Waals surface area contributed by atoms with Gasteiger partial charge in [-0.1, -0.05) is 18.2 Å². The molecule has 0 fully saturated rings. The second-order valence-corrected chi connectivity index (χ2v) is 9.89. The lowest BCUT2D eigenvalue weighted by Gasteiger charge is -2.13. The number of rotatable bonds is 13. The van der Waals surface area contributed by atoms with E-state index in [9.17, 15) is 15.0 Å². The topological polar surface area (TPSA) is 199 Å². The molecule has 0 aliphatic rings. The van der Waals surface area contributed by atoms with E-state index in [-0.39, 0.29) is 31.6 Å². The van der Waals surface area contributed by atoms with Crippen LogP contribution in [0.2, 0.25) is 0 Å². The van der Waals surface area contributed by atoms with Crippen molar-refractivity contribution in [1.82, 2.24) is 24.8 Å². The number of para-hydroxylation sites is 2. The molecule has 1 amide bonds. The van der Waals surface area contributed by atoms with Crippen molar-refractivity contribution in [2.45, 2.75) is 25.6 Å². The lowest BCUT2D eigenvalue weighted by atomic mass is 10.2. The minimum atomic E-state index is -1.02. The third-order valence-corrected chi connectivity index (χ3v) is 6.77. The Kier molecular flexibility index (Phi) is 9.03. The number of hydrogen-bond donors (Lipinski definition) is 6. The molecule has 1 unspecified atom stereocenters. The fourth-order valence-electron chi connectivity index (χ4n) is 4.71. The van der Waals surface area contributed by atoms with Gasteiger partial charge in [0.05, 0.1) is 67.9 Å². The highest BCUT2D eigenvalue weighted by Crippen LogP contribution is 2.26. The van der Waals surface area contributed by atoms with E-state index in [1.165, 1.54) is 0 Å². The summed E-state index contributed by atoms with van der Waals surface area (Å²) in [6.45, 7) is 0.554. The SMILES string of the molecule is COc1ccccc1OCCNC(=O)c1ccc2nc(Cc3nc4ccc(CN=C(N)N)cc4[nH]3)n(CC(O)CO)c2c1. The Hall–Kier alpha value is -5.14. The molecule has 0 radical (unpaired) electrons. The fraction of sp³-hybridized carbons (Fsp3) is 0.267. The maximum absolute atomic E-state index is 13.0. The molecule has 224 valence electrons. The Morgan fingerprint density at radius 2 is 1.88 bits per heavy atom.